The Morgan fingerprint density at radius 2 is 2.30 bits per heavy atom. The molecule has 0 aliphatic carbocycles. The van der Waals surface area contributed by atoms with Crippen LogP contribution in [0.5, 0.6) is 0 Å². The van der Waals surface area contributed by atoms with E-state index in [2.05, 4.69) is 4.98 Å². The standard InChI is InChI=1S/C12H16N2O6/c1-7-5-14(11(19)13-10(7)18)12(2-3-15)4-8(17)9(6-16)20-12/h3,5,8-9,16-17H,2,4,6H2,1H3,(H,13,18,19)/t8-,9+,12+/m0/s1. The molecular weight excluding hydrogens is 268 g/mol. The normalized spacial score (nSPS) is 29.6. The predicted octanol–water partition coefficient (Wildman–Crippen LogP) is -1.77. The van der Waals surface area contributed by atoms with E-state index in [1.165, 1.54) is 13.1 Å². The molecule has 2 rings (SSSR count). The molecule has 1 aliphatic rings. The predicted molar refractivity (Wildman–Crippen MR) is 67.3 cm³/mol. The number of ether oxygens (including phenoxy) is 1. The minimum absolute atomic E-state index is 0.0254. The highest BCUT2D eigenvalue weighted by Gasteiger charge is 2.47. The average Bonchev–Trinajstić information content (AvgIpc) is 2.71. The Labute approximate surface area is 113 Å². The Morgan fingerprint density at radius 3 is 2.85 bits per heavy atom. The number of aliphatic hydroxyl groups excluding tert-OH is 2. The number of aromatic amines is 1. The van der Waals surface area contributed by atoms with Crippen molar-refractivity contribution in [3.8, 4) is 0 Å². The van der Waals surface area contributed by atoms with Gasteiger partial charge in [0, 0.05) is 18.2 Å². The van der Waals surface area contributed by atoms with Crippen molar-refractivity contribution in [1.82, 2.24) is 9.55 Å². The minimum atomic E-state index is -1.39. The van der Waals surface area contributed by atoms with Crippen molar-refractivity contribution < 1.29 is 19.7 Å². The van der Waals surface area contributed by atoms with Crippen molar-refractivity contribution >= 4 is 6.29 Å². The summed E-state index contributed by atoms with van der Waals surface area (Å²) < 4.78 is 6.62. The first kappa shape index (κ1) is 14.6. The van der Waals surface area contributed by atoms with Crippen LogP contribution < -0.4 is 11.2 Å². The molecule has 0 amide bonds. The van der Waals surface area contributed by atoms with Crippen molar-refractivity contribution in [3.63, 3.8) is 0 Å². The number of aromatic nitrogens is 2. The fourth-order valence-corrected chi connectivity index (χ4v) is 2.41. The molecule has 1 aromatic heterocycles. The fraction of sp³-hybridized carbons (Fsp3) is 0.583. The number of carbonyl (C=O) groups is 1. The van der Waals surface area contributed by atoms with E-state index in [0.717, 1.165) is 4.57 Å². The lowest BCUT2D eigenvalue weighted by Crippen LogP contribution is -2.45. The first-order chi connectivity index (χ1) is 9.43. The van der Waals surface area contributed by atoms with Gasteiger partial charge >= 0.3 is 5.69 Å². The first-order valence-electron chi connectivity index (χ1n) is 6.17. The van der Waals surface area contributed by atoms with E-state index >= 15 is 0 Å². The molecule has 8 nitrogen and oxygen atoms in total. The quantitative estimate of drug-likeness (QED) is 0.562. The molecule has 1 fully saturated rings. The van der Waals surface area contributed by atoms with Crippen LogP contribution in [0.25, 0.3) is 0 Å². The van der Waals surface area contributed by atoms with Gasteiger partial charge in [-0.15, -0.1) is 0 Å². The van der Waals surface area contributed by atoms with E-state index in [-0.39, 0.29) is 18.4 Å². The lowest BCUT2D eigenvalue weighted by atomic mass is 10.0. The van der Waals surface area contributed by atoms with Gasteiger partial charge < -0.3 is 19.7 Å². The van der Waals surface area contributed by atoms with Crippen LogP contribution in [-0.2, 0) is 15.3 Å². The topological polar surface area (TPSA) is 122 Å². The molecule has 3 atom stereocenters. The largest absolute Gasteiger partial charge is 0.394 e. The summed E-state index contributed by atoms with van der Waals surface area (Å²) in [5.74, 6) is 0. The molecule has 0 unspecified atom stereocenters. The summed E-state index contributed by atoms with van der Waals surface area (Å²) in [7, 11) is 0. The van der Waals surface area contributed by atoms with E-state index in [1.807, 2.05) is 0 Å². The monoisotopic (exact) mass is 284 g/mol. The molecule has 0 bridgehead atoms. The second-order valence-electron chi connectivity index (χ2n) is 4.87. The summed E-state index contributed by atoms with van der Waals surface area (Å²) >= 11 is 0. The zero-order valence-electron chi connectivity index (χ0n) is 10.9. The number of aliphatic hydroxyl groups is 2. The summed E-state index contributed by atoms with van der Waals surface area (Å²) in [6, 6.07) is 0. The molecule has 20 heavy (non-hydrogen) atoms. The highest BCUT2D eigenvalue weighted by atomic mass is 16.6. The van der Waals surface area contributed by atoms with Crippen LogP contribution in [0.2, 0.25) is 0 Å². The molecule has 0 saturated carbocycles. The van der Waals surface area contributed by atoms with Crippen LogP contribution in [0.3, 0.4) is 0 Å². The van der Waals surface area contributed by atoms with Gasteiger partial charge in [0.05, 0.1) is 19.1 Å². The van der Waals surface area contributed by atoms with Gasteiger partial charge in [0.1, 0.15) is 12.4 Å². The van der Waals surface area contributed by atoms with Gasteiger partial charge in [0.2, 0.25) is 0 Å². The van der Waals surface area contributed by atoms with Gasteiger partial charge in [-0.1, -0.05) is 0 Å². The molecule has 1 aromatic rings. The third-order valence-electron chi connectivity index (χ3n) is 3.47. The van der Waals surface area contributed by atoms with E-state index in [9.17, 15) is 19.5 Å². The smallest absolute Gasteiger partial charge is 0.330 e. The molecule has 1 saturated heterocycles. The maximum absolute atomic E-state index is 11.9. The van der Waals surface area contributed by atoms with Crippen LogP contribution >= 0.6 is 0 Å². The van der Waals surface area contributed by atoms with E-state index in [4.69, 9.17) is 9.84 Å². The zero-order valence-corrected chi connectivity index (χ0v) is 10.9. The Balaban J connectivity index is 2.55. The second-order valence-corrected chi connectivity index (χ2v) is 4.87. The van der Waals surface area contributed by atoms with Crippen molar-refractivity contribution in [2.45, 2.75) is 37.7 Å². The third kappa shape index (κ3) is 2.33. The summed E-state index contributed by atoms with van der Waals surface area (Å²) in [6.07, 6.45) is -0.224. The van der Waals surface area contributed by atoms with Crippen molar-refractivity contribution in [1.29, 1.82) is 0 Å². The van der Waals surface area contributed by atoms with Crippen LogP contribution in [-0.4, -0.2) is 44.9 Å². The Hall–Kier alpha value is -1.77. The van der Waals surface area contributed by atoms with Crippen molar-refractivity contribution in [2.24, 2.45) is 0 Å². The molecule has 0 aromatic carbocycles. The summed E-state index contributed by atoms with van der Waals surface area (Å²) in [5, 5.41) is 19.0. The van der Waals surface area contributed by atoms with E-state index in [0.29, 0.717) is 6.29 Å². The third-order valence-corrected chi connectivity index (χ3v) is 3.47. The lowest BCUT2D eigenvalue weighted by Gasteiger charge is -2.29. The highest BCUT2D eigenvalue weighted by molar-refractivity contribution is 5.51. The Bertz CT molecular complexity index is 621. The van der Waals surface area contributed by atoms with Gasteiger partial charge in [-0.2, -0.15) is 0 Å². The molecule has 1 aliphatic heterocycles. The highest BCUT2D eigenvalue weighted by Crippen LogP contribution is 2.36. The van der Waals surface area contributed by atoms with Gasteiger partial charge in [0.25, 0.3) is 5.56 Å². The van der Waals surface area contributed by atoms with Gasteiger partial charge in [-0.3, -0.25) is 14.3 Å². The fourth-order valence-electron chi connectivity index (χ4n) is 2.41. The zero-order chi connectivity index (χ0) is 14.9. The molecular formula is C12H16N2O6. The maximum atomic E-state index is 11.9. The van der Waals surface area contributed by atoms with Crippen LogP contribution in [0.4, 0.5) is 0 Å². The summed E-state index contributed by atoms with van der Waals surface area (Å²) in [5.41, 5.74) is -2.36. The lowest BCUT2D eigenvalue weighted by molar-refractivity contribution is -0.136. The minimum Gasteiger partial charge on any atom is -0.394 e. The molecule has 2 heterocycles. The maximum Gasteiger partial charge on any atom is 0.330 e. The number of aldehydes is 1. The molecule has 0 radical (unpaired) electrons. The second kappa shape index (κ2) is 5.31. The number of aryl methyl sites for hydroxylation is 1. The average molecular weight is 284 g/mol. The van der Waals surface area contributed by atoms with Crippen LogP contribution in [0, 0.1) is 6.92 Å². The Kier molecular flexibility index (Phi) is 3.89. The SMILES string of the molecule is Cc1cn([C@@]2(CC=O)C[C@H](O)[C@@H](CO)O2)c(=O)[nH]c1=O. The van der Waals surface area contributed by atoms with E-state index in [1.54, 1.807) is 0 Å². The Morgan fingerprint density at radius 1 is 1.60 bits per heavy atom. The number of H-pyrrole nitrogens is 1. The number of rotatable bonds is 4. The number of hydrogen-bond acceptors (Lipinski definition) is 6. The molecule has 110 valence electrons. The molecule has 8 heteroatoms. The number of hydrogen-bond donors (Lipinski definition) is 3. The van der Waals surface area contributed by atoms with Crippen LogP contribution in [0.15, 0.2) is 15.8 Å². The number of nitrogens with one attached hydrogen (secondary N) is 1. The van der Waals surface area contributed by atoms with Gasteiger partial charge in [-0.25, -0.2) is 4.79 Å². The van der Waals surface area contributed by atoms with Gasteiger partial charge in [-0.05, 0) is 6.92 Å². The van der Waals surface area contributed by atoms with Crippen LogP contribution in [0.1, 0.15) is 18.4 Å². The van der Waals surface area contributed by atoms with Crippen molar-refractivity contribution in [3.05, 3.63) is 32.6 Å². The molecule has 3 N–H and O–H groups in total. The number of nitrogens with zero attached hydrogens (tertiary/aromatic N) is 1. The molecule has 0 spiro atoms. The van der Waals surface area contributed by atoms with E-state index < -0.39 is 35.8 Å². The summed E-state index contributed by atoms with van der Waals surface area (Å²) in [4.78, 5) is 36.3. The number of carbonyl (C=O) groups excluding carboxylic acids is 1. The first-order valence-corrected chi connectivity index (χ1v) is 6.17. The van der Waals surface area contributed by atoms with Gasteiger partial charge in [0.15, 0.2) is 5.72 Å². The van der Waals surface area contributed by atoms with Crippen molar-refractivity contribution in [2.75, 3.05) is 6.61 Å². The summed E-state index contributed by atoms with van der Waals surface area (Å²) in [6.45, 7) is 1.08.